The normalized spacial score (nSPS) is 10.5. The van der Waals surface area contributed by atoms with Gasteiger partial charge in [0, 0.05) is 24.3 Å². The van der Waals surface area contributed by atoms with Crippen LogP contribution in [0.3, 0.4) is 0 Å². The second-order valence-electron chi connectivity index (χ2n) is 5.50. The van der Waals surface area contributed by atoms with E-state index in [1.165, 1.54) is 11.3 Å². The number of aliphatic carboxylic acids is 1. The number of nitrogens with one attached hydrogen (secondary N) is 2. The Labute approximate surface area is 133 Å². The van der Waals surface area contributed by atoms with Crippen molar-refractivity contribution in [1.29, 1.82) is 0 Å². The molecule has 0 aromatic carbocycles. The Balaban J connectivity index is 2.64. The van der Waals surface area contributed by atoms with Crippen LogP contribution in [0, 0.1) is 12.8 Å². The fraction of sp³-hybridized carbons (Fsp3) is 0.533. The number of amides is 2. The maximum atomic E-state index is 12.1. The molecule has 0 radical (unpaired) electrons. The van der Waals surface area contributed by atoms with Crippen molar-refractivity contribution < 1.29 is 19.5 Å². The van der Waals surface area contributed by atoms with Gasteiger partial charge in [-0.2, -0.15) is 0 Å². The third-order valence-corrected chi connectivity index (χ3v) is 3.77. The minimum absolute atomic E-state index is 0.0148. The second kappa shape index (κ2) is 8.53. The molecule has 0 spiro atoms. The molecule has 1 rings (SSSR count). The fourth-order valence-electron chi connectivity index (χ4n) is 1.86. The van der Waals surface area contributed by atoms with Gasteiger partial charge in [-0.15, -0.1) is 11.3 Å². The number of carbonyl (C=O) groups is 3. The Kier molecular flexibility index (Phi) is 7.04. The molecular formula is C15H22N2O4S. The second-order valence-corrected chi connectivity index (χ2v) is 6.76. The summed E-state index contributed by atoms with van der Waals surface area (Å²) < 4.78 is 0. The van der Waals surface area contributed by atoms with Gasteiger partial charge in [-0.05, 0) is 25.3 Å². The van der Waals surface area contributed by atoms with Crippen LogP contribution in [0.2, 0.25) is 0 Å². The maximum Gasteiger partial charge on any atom is 0.303 e. The van der Waals surface area contributed by atoms with E-state index in [1.54, 1.807) is 6.07 Å². The molecule has 0 aliphatic carbocycles. The van der Waals surface area contributed by atoms with Crippen molar-refractivity contribution in [2.75, 3.05) is 11.9 Å². The van der Waals surface area contributed by atoms with Gasteiger partial charge < -0.3 is 15.7 Å². The molecule has 1 aromatic rings. The summed E-state index contributed by atoms with van der Waals surface area (Å²) in [6.45, 7) is 6.06. The van der Waals surface area contributed by atoms with E-state index in [2.05, 4.69) is 10.6 Å². The molecule has 1 heterocycles. The van der Waals surface area contributed by atoms with E-state index in [4.69, 9.17) is 5.11 Å². The third kappa shape index (κ3) is 6.26. The maximum absolute atomic E-state index is 12.1. The average molecular weight is 326 g/mol. The van der Waals surface area contributed by atoms with Gasteiger partial charge in [0.15, 0.2) is 0 Å². The van der Waals surface area contributed by atoms with Crippen molar-refractivity contribution >= 4 is 34.1 Å². The van der Waals surface area contributed by atoms with E-state index in [-0.39, 0.29) is 24.2 Å². The Morgan fingerprint density at radius 2 is 2.00 bits per heavy atom. The van der Waals surface area contributed by atoms with Gasteiger partial charge in [0.1, 0.15) is 5.00 Å². The Morgan fingerprint density at radius 1 is 1.32 bits per heavy atom. The molecule has 2 amide bonds. The lowest BCUT2D eigenvalue weighted by atomic mass is 10.1. The number of hydrogen-bond acceptors (Lipinski definition) is 4. The number of aryl methyl sites for hydroxylation is 1. The minimum atomic E-state index is -0.887. The third-order valence-electron chi connectivity index (χ3n) is 2.80. The van der Waals surface area contributed by atoms with Gasteiger partial charge >= 0.3 is 5.97 Å². The smallest absolute Gasteiger partial charge is 0.303 e. The van der Waals surface area contributed by atoms with Gasteiger partial charge in [0.2, 0.25) is 5.91 Å². The summed E-state index contributed by atoms with van der Waals surface area (Å²) in [7, 11) is 0. The monoisotopic (exact) mass is 326 g/mol. The summed E-state index contributed by atoms with van der Waals surface area (Å²) in [6.07, 6.45) is 0.788. The lowest BCUT2D eigenvalue weighted by Crippen LogP contribution is -2.26. The van der Waals surface area contributed by atoms with E-state index < -0.39 is 5.97 Å². The highest BCUT2D eigenvalue weighted by atomic mass is 32.1. The molecule has 0 unspecified atom stereocenters. The fourth-order valence-corrected chi connectivity index (χ4v) is 2.79. The number of thiophene rings is 1. The number of carbonyl (C=O) groups excluding carboxylic acids is 2. The zero-order valence-electron chi connectivity index (χ0n) is 13.1. The molecule has 0 aliphatic heterocycles. The molecule has 0 fully saturated rings. The van der Waals surface area contributed by atoms with Crippen LogP contribution in [0.5, 0.6) is 0 Å². The Bertz CT molecular complexity index is 552. The molecule has 1 aromatic heterocycles. The average Bonchev–Trinajstić information content (AvgIpc) is 2.74. The van der Waals surface area contributed by atoms with Crippen molar-refractivity contribution in [3.63, 3.8) is 0 Å². The highest BCUT2D eigenvalue weighted by Crippen LogP contribution is 2.28. The van der Waals surface area contributed by atoms with Crippen molar-refractivity contribution in [2.24, 2.45) is 5.92 Å². The lowest BCUT2D eigenvalue weighted by molar-refractivity contribution is -0.137. The van der Waals surface area contributed by atoms with Gasteiger partial charge in [-0.3, -0.25) is 14.4 Å². The first kappa shape index (κ1) is 18.2. The predicted molar refractivity (Wildman–Crippen MR) is 86.3 cm³/mol. The topological polar surface area (TPSA) is 95.5 Å². The number of rotatable bonds is 8. The Morgan fingerprint density at radius 3 is 2.59 bits per heavy atom. The van der Waals surface area contributed by atoms with Crippen molar-refractivity contribution in [2.45, 2.75) is 40.0 Å². The summed E-state index contributed by atoms with van der Waals surface area (Å²) >= 11 is 1.36. The summed E-state index contributed by atoms with van der Waals surface area (Å²) in [6, 6.07) is 1.72. The van der Waals surface area contributed by atoms with Gasteiger partial charge in [0.25, 0.3) is 5.91 Å². The van der Waals surface area contributed by atoms with Crippen molar-refractivity contribution in [1.82, 2.24) is 5.32 Å². The van der Waals surface area contributed by atoms with Gasteiger partial charge in [-0.1, -0.05) is 13.8 Å². The van der Waals surface area contributed by atoms with Crippen LogP contribution in [0.1, 0.15) is 48.3 Å². The minimum Gasteiger partial charge on any atom is -0.481 e. The van der Waals surface area contributed by atoms with Crippen molar-refractivity contribution in [3.05, 3.63) is 16.5 Å². The van der Waals surface area contributed by atoms with Crippen LogP contribution in [0.25, 0.3) is 0 Å². The predicted octanol–water partition coefficient (Wildman–Crippen LogP) is 2.64. The van der Waals surface area contributed by atoms with Crippen LogP contribution in [-0.2, 0) is 9.59 Å². The van der Waals surface area contributed by atoms with Crippen LogP contribution in [-0.4, -0.2) is 29.4 Å². The standard InChI is InChI=1S/C15H22N2O4S/c1-9(2)7-12(18)17-15-11(8-10(3)22-15)14(21)16-6-4-5-13(19)20/h8-9H,4-7H2,1-3H3,(H,16,21)(H,17,18)(H,19,20). The van der Waals surface area contributed by atoms with E-state index >= 15 is 0 Å². The van der Waals surface area contributed by atoms with Gasteiger partial charge in [-0.25, -0.2) is 0 Å². The summed E-state index contributed by atoms with van der Waals surface area (Å²) in [4.78, 5) is 35.3. The molecule has 0 saturated heterocycles. The summed E-state index contributed by atoms with van der Waals surface area (Å²) in [5.74, 6) is -1.05. The molecule has 0 saturated carbocycles. The molecule has 7 heteroatoms. The zero-order valence-corrected chi connectivity index (χ0v) is 13.9. The Hall–Kier alpha value is -1.89. The van der Waals surface area contributed by atoms with E-state index in [0.29, 0.717) is 30.0 Å². The first-order valence-corrected chi connectivity index (χ1v) is 8.01. The van der Waals surface area contributed by atoms with E-state index in [0.717, 1.165) is 4.88 Å². The molecular weight excluding hydrogens is 304 g/mol. The van der Waals surface area contributed by atoms with E-state index in [1.807, 2.05) is 20.8 Å². The number of carboxylic acids is 1. The molecule has 122 valence electrons. The number of anilines is 1. The highest BCUT2D eigenvalue weighted by Gasteiger charge is 2.17. The van der Waals surface area contributed by atoms with Crippen LogP contribution < -0.4 is 10.6 Å². The molecule has 22 heavy (non-hydrogen) atoms. The SMILES string of the molecule is Cc1cc(C(=O)NCCCC(=O)O)c(NC(=O)CC(C)C)s1. The molecule has 0 bridgehead atoms. The largest absolute Gasteiger partial charge is 0.481 e. The first-order valence-electron chi connectivity index (χ1n) is 7.20. The van der Waals surface area contributed by atoms with Crippen LogP contribution >= 0.6 is 11.3 Å². The van der Waals surface area contributed by atoms with E-state index in [9.17, 15) is 14.4 Å². The molecule has 0 aliphatic rings. The molecule has 0 atom stereocenters. The zero-order chi connectivity index (χ0) is 16.7. The lowest BCUT2D eigenvalue weighted by Gasteiger charge is -2.08. The molecule has 3 N–H and O–H groups in total. The summed E-state index contributed by atoms with van der Waals surface area (Å²) in [5, 5.41) is 14.5. The van der Waals surface area contributed by atoms with Crippen LogP contribution in [0.4, 0.5) is 5.00 Å². The summed E-state index contributed by atoms with van der Waals surface area (Å²) in [5.41, 5.74) is 0.426. The quantitative estimate of drug-likeness (QED) is 0.640. The van der Waals surface area contributed by atoms with Crippen molar-refractivity contribution in [3.8, 4) is 0 Å². The number of hydrogen-bond donors (Lipinski definition) is 3. The highest BCUT2D eigenvalue weighted by molar-refractivity contribution is 7.16. The van der Waals surface area contributed by atoms with Gasteiger partial charge in [0.05, 0.1) is 5.56 Å². The molecule has 6 nitrogen and oxygen atoms in total. The first-order chi connectivity index (χ1) is 10.3. The number of carboxylic acid groups (broad SMARTS) is 1. The van der Waals surface area contributed by atoms with Crippen LogP contribution in [0.15, 0.2) is 6.07 Å².